The lowest BCUT2D eigenvalue weighted by Crippen LogP contribution is -2.16. The first-order valence-corrected chi connectivity index (χ1v) is 11.7. The lowest BCUT2D eigenvalue weighted by Gasteiger charge is -2.15. The molecule has 0 fully saturated rings. The Morgan fingerprint density at radius 3 is 2.74 bits per heavy atom. The van der Waals surface area contributed by atoms with Gasteiger partial charge < -0.3 is 10.1 Å². The van der Waals surface area contributed by atoms with Crippen LogP contribution in [0.5, 0.6) is 5.75 Å². The van der Waals surface area contributed by atoms with Crippen molar-refractivity contribution in [1.82, 2.24) is 14.8 Å². The van der Waals surface area contributed by atoms with Gasteiger partial charge in [-0.15, -0.1) is 16.8 Å². The van der Waals surface area contributed by atoms with E-state index in [-0.39, 0.29) is 17.8 Å². The lowest BCUT2D eigenvalue weighted by molar-refractivity contribution is -0.113. The molecule has 0 aliphatic rings. The van der Waals surface area contributed by atoms with Gasteiger partial charge in [0.2, 0.25) is 5.91 Å². The van der Waals surface area contributed by atoms with E-state index in [0.29, 0.717) is 33.3 Å². The number of nitrogens with zero attached hydrogens (tertiary/aromatic N) is 3. The zero-order valence-electron chi connectivity index (χ0n) is 16.5. The number of nitrogens with one attached hydrogen (secondary N) is 1. The second-order valence-electron chi connectivity index (χ2n) is 6.42. The topological polar surface area (TPSA) is 69.0 Å². The first-order valence-electron chi connectivity index (χ1n) is 9.21. The van der Waals surface area contributed by atoms with Crippen molar-refractivity contribution in [3.8, 4) is 5.75 Å². The summed E-state index contributed by atoms with van der Waals surface area (Å²) < 4.78 is 8.84. The van der Waals surface area contributed by atoms with Crippen LogP contribution in [0.4, 0.5) is 5.69 Å². The Balaban J connectivity index is 1.68. The molecule has 0 aliphatic carbocycles. The van der Waals surface area contributed by atoms with Crippen LogP contribution in [0, 0.1) is 0 Å². The second-order valence-corrected chi connectivity index (χ2v) is 9.12. The van der Waals surface area contributed by atoms with Gasteiger partial charge in [0, 0.05) is 16.0 Å². The normalized spacial score (nSPS) is 11.7. The molecule has 1 atom stereocenters. The molecule has 6 nitrogen and oxygen atoms in total. The number of aromatic nitrogens is 3. The highest BCUT2D eigenvalue weighted by atomic mass is 79.9. The maximum absolute atomic E-state index is 12.4. The number of anilines is 1. The van der Waals surface area contributed by atoms with Gasteiger partial charge in [-0.2, -0.15) is 0 Å². The van der Waals surface area contributed by atoms with E-state index in [2.05, 4.69) is 38.0 Å². The van der Waals surface area contributed by atoms with Crippen molar-refractivity contribution in [1.29, 1.82) is 0 Å². The van der Waals surface area contributed by atoms with Gasteiger partial charge in [-0.1, -0.05) is 57.0 Å². The Kier molecular flexibility index (Phi) is 8.43. The van der Waals surface area contributed by atoms with Crippen LogP contribution < -0.4 is 10.1 Å². The van der Waals surface area contributed by atoms with E-state index in [4.69, 9.17) is 27.9 Å². The Hall–Kier alpha value is -2.00. The number of ether oxygens (including phenoxy) is 1. The highest BCUT2D eigenvalue weighted by Crippen LogP contribution is 2.27. The molecule has 1 heterocycles. The number of hydrogen-bond acceptors (Lipinski definition) is 5. The Morgan fingerprint density at radius 2 is 2.03 bits per heavy atom. The fourth-order valence-corrected chi connectivity index (χ4v) is 4.04. The molecule has 1 aromatic heterocycles. The number of rotatable bonds is 9. The monoisotopic (exact) mass is 540 g/mol. The van der Waals surface area contributed by atoms with E-state index in [1.807, 2.05) is 35.8 Å². The van der Waals surface area contributed by atoms with Crippen LogP contribution in [0.1, 0.15) is 18.9 Å². The van der Waals surface area contributed by atoms with Gasteiger partial charge in [0.25, 0.3) is 0 Å². The van der Waals surface area contributed by atoms with Gasteiger partial charge in [-0.05, 0) is 49.4 Å². The minimum absolute atomic E-state index is 0.125. The van der Waals surface area contributed by atoms with Crippen molar-refractivity contribution in [2.75, 3.05) is 11.1 Å². The van der Waals surface area contributed by atoms with Crippen molar-refractivity contribution in [3.05, 3.63) is 75.5 Å². The van der Waals surface area contributed by atoms with Gasteiger partial charge in [0.05, 0.1) is 16.5 Å². The van der Waals surface area contributed by atoms with E-state index in [1.54, 1.807) is 24.3 Å². The lowest BCUT2D eigenvalue weighted by atomic mass is 10.3. The quantitative estimate of drug-likeness (QED) is 0.250. The van der Waals surface area contributed by atoms with Crippen LogP contribution >= 0.6 is 50.9 Å². The highest BCUT2D eigenvalue weighted by Gasteiger charge is 2.20. The van der Waals surface area contributed by atoms with E-state index in [9.17, 15) is 4.79 Å². The zero-order valence-corrected chi connectivity index (χ0v) is 20.4. The molecule has 1 unspecified atom stereocenters. The predicted octanol–water partition coefficient (Wildman–Crippen LogP) is 6.40. The molecule has 3 aromatic rings. The molecule has 0 saturated heterocycles. The van der Waals surface area contributed by atoms with E-state index in [0.717, 1.165) is 10.2 Å². The Labute approximate surface area is 203 Å². The number of allylic oxidation sites excluding steroid dienone is 1. The summed E-state index contributed by atoms with van der Waals surface area (Å²) >= 11 is 16.7. The highest BCUT2D eigenvalue weighted by molar-refractivity contribution is 9.10. The largest absolute Gasteiger partial charge is 0.483 e. The van der Waals surface area contributed by atoms with Crippen molar-refractivity contribution in [3.63, 3.8) is 0 Å². The second kappa shape index (κ2) is 11.0. The number of carbonyl (C=O) groups excluding carboxylic acids is 1. The minimum Gasteiger partial charge on any atom is -0.483 e. The summed E-state index contributed by atoms with van der Waals surface area (Å²) in [5, 5.41) is 12.8. The van der Waals surface area contributed by atoms with Crippen molar-refractivity contribution in [2.24, 2.45) is 0 Å². The summed E-state index contributed by atoms with van der Waals surface area (Å²) in [7, 11) is 0. The molecule has 0 aliphatic heterocycles. The van der Waals surface area contributed by atoms with Gasteiger partial charge >= 0.3 is 0 Å². The van der Waals surface area contributed by atoms with E-state index < -0.39 is 0 Å². The number of carbonyl (C=O) groups is 1. The molecule has 3 rings (SSSR count). The third-order valence-corrected chi connectivity index (χ3v) is 6.14. The van der Waals surface area contributed by atoms with Gasteiger partial charge in [0.15, 0.2) is 17.1 Å². The average molecular weight is 542 g/mol. The molecule has 10 heteroatoms. The standard InChI is InChI=1S/C21H19BrCl2N4O2S/c1-3-10-28-20(13(2)30-16-7-4-14(22)5-8-16)26-27-21(28)31-12-19(29)25-18-11-15(23)6-9-17(18)24/h3-9,11,13H,1,10,12H2,2H3,(H,25,29). The van der Waals surface area contributed by atoms with Crippen molar-refractivity contribution in [2.45, 2.75) is 24.7 Å². The number of hydrogen-bond donors (Lipinski definition) is 1. The average Bonchev–Trinajstić information content (AvgIpc) is 3.14. The van der Waals surface area contributed by atoms with Crippen LogP contribution in [0.15, 0.2) is 64.7 Å². The molecule has 162 valence electrons. The molecule has 0 radical (unpaired) electrons. The summed E-state index contributed by atoms with van der Waals surface area (Å²) in [5.41, 5.74) is 0.463. The predicted molar refractivity (Wildman–Crippen MR) is 129 cm³/mol. The van der Waals surface area contributed by atoms with Crippen LogP contribution in [-0.2, 0) is 11.3 Å². The summed E-state index contributed by atoms with van der Waals surface area (Å²) in [6.45, 7) is 6.19. The van der Waals surface area contributed by atoms with Gasteiger partial charge in [0.1, 0.15) is 5.75 Å². The van der Waals surface area contributed by atoms with E-state index in [1.165, 1.54) is 11.8 Å². The number of halogens is 3. The summed E-state index contributed by atoms with van der Waals surface area (Å²) in [6.07, 6.45) is 1.40. The smallest absolute Gasteiger partial charge is 0.234 e. The number of benzene rings is 2. The third kappa shape index (κ3) is 6.49. The first-order chi connectivity index (χ1) is 14.9. The fourth-order valence-electron chi connectivity index (χ4n) is 2.69. The van der Waals surface area contributed by atoms with E-state index >= 15 is 0 Å². The molecule has 2 aromatic carbocycles. The van der Waals surface area contributed by atoms with Crippen molar-refractivity contribution >= 4 is 62.5 Å². The maximum Gasteiger partial charge on any atom is 0.234 e. The summed E-state index contributed by atoms with van der Waals surface area (Å²) in [5.74, 6) is 1.25. The molecule has 0 spiro atoms. The van der Waals surface area contributed by atoms with Gasteiger partial charge in [-0.25, -0.2) is 0 Å². The number of thioether (sulfide) groups is 1. The van der Waals surface area contributed by atoms with Crippen LogP contribution in [0.3, 0.4) is 0 Å². The fraction of sp³-hybridized carbons (Fsp3) is 0.190. The summed E-state index contributed by atoms with van der Waals surface area (Å²) in [6, 6.07) is 12.4. The number of amides is 1. The van der Waals surface area contributed by atoms with Crippen LogP contribution in [0.2, 0.25) is 10.0 Å². The van der Waals surface area contributed by atoms with Gasteiger partial charge in [-0.3, -0.25) is 9.36 Å². The SMILES string of the molecule is C=CCn1c(SCC(=O)Nc2cc(Cl)ccc2Cl)nnc1C(C)Oc1ccc(Br)cc1. The molecule has 31 heavy (non-hydrogen) atoms. The van der Waals surface area contributed by atoms with Crippen LogP contribution in [-0.4, -0.2) is 26.4 Å². The molecule has 0 bridgehead atoms. The Bertz CT molecular complexity index is 1080. The Morgan fingerprint density at radius 1 is 1.29 bits per heavy atom. The van der Waals surface area contributed by atoms with Crippen molar-refractivity contribution < 1.29 is 9.53 Å². The minimum atomic E-state index is -0.345. The molecular weight excluding hydrogens is 523 g/mol. The summed E-state index contributed by atoms with van der Waals surface area (Å²) in [4.78, 5) is 12.4. The zero-order chi connectivity index (χ0) is 22.4. The third-order valence-electron chi connectivity index (χ3n) is 4.08. The maximum atomic E-state index is 12.4. The molecule has 0 saturated carbocycles. The van der Waals surface area contributed by atoms with Crippen LogP contribution in [0.25, 0.3) is 0 Å². The molecule has 1 amide bonds. The first kappa shape index (κ1) is 23.7. The molecule has 1 N–H and O–H groups in total. The molecular formula is C21H19BrCl2N4O2S.